The maximum Gasteiger partial charge on any atom is 0.373 e. The third-order valence-electron chi connectivity index (χ3n) is 2.25. The van der Waals surface area contributed by atoms with Gasteiger partial charge in [-0.2, -0.15) is 0 Å². The van der Waals surface area contributed by atoms with Gasteiger partial charge in [0.1, 0.15) is 12.7 Å². The van der Waals surface area contributed by atoms with Gasteiger partial charge in [0.15, 0.2) is 5.76 Å². The molecule has 0 aliphatic carbocycles. The summed E-state index contributed by atoms with van der Waals surface area (Å²) in [6.07, 6.45) is -1.98. The number of hydrogen-bond donors (Lipinski definition) is 2. The second-order valence-electron chi connectivity index (χ2n) is 5.38. The summed E-state index contributed by atoms with van der Waals surface area (Å²) in [5.74, 6) is -0.746. The molecule has 0 fully saturated rings. The first-order chi connectivity index (χ1) is 10.2. The summed E-state index contributed by atoms with van der Waals surface area (Å²) in [6, 6.07) is 0. The summed E-state index contributed by atoms with van der Waals surface area (Å²) in [7, 11) is 0. The lowest BCUT2D eigenvalue weighted by Crippen LogP contribution is -2.30. The van der Waals surface area contributed by atoms with Crippen LogP contribution in [0.1, 0.15) is 27.7 Å². The first-order valence-corrected chi connectivity index (χ1v) is 7.30. The molecule has 0 bridgehead atoms. The van der Waals surface area contributed by atoms with Crippen LogP contribution in [0.3, 0.4) is 0 Å². The zero-order valence-corrected chi connectivity index (χ0v) is 13.8. The van der Waals surface area contributed by atoms with Crippen molar-refractivity contribution in [1.82, 2.24) is 0 Å². The van der Waals surface area contributed by atoms with Gasteiger partial charge in [-0.3, -0.25) is 0 Å². The van der Waals surface area contributed by atoms with E-state index in [1.165, 1.54) is 0 Å². The Bertz CT molecular complexity index is 326. The van der Waals surface area contributed by atoms with Crippen LogP contribution in [0.25, 0.3) is 0 Å². The molecule has 0 saturated heterocycles. The van der Waals surface area contributed by atoms with E-state index >= 15 is 0 Å². The van der Waals surface area contributed by atoms with Crippen molar-refractivity contribution >= 4 is 5.97 Å². The van der Waals surface area contributed by atoms with Gasteiger partial charge in [0.25, 0.3) is 0 Å². The first kappa shape index (κ1) is 20.9. The number of aliphatic hydroxyl groups is 2. The Morgan fingerprint density at radius 2 is 1.59 bits per heavy atom. The van der Waals surface area contributed by atoms with Crippen LogP contribution in [0.2, 0.25) is 0 Å². The fourth-order valence-electron chi connectivity index (χ4n) is 1.32. The molecule has 3 unspecified atom stereocenters. The average Bonchev–Trinajstić information content (AvgIpc) is 2.39. The number of carbonyl (C=O) groups excluding carboxylic acids is 1. The molecule has 0 saturated carbocycles. The Hall–Kier alpha value is -1.15. The quantitative estimate of drug-likeness (QED) is 0.309. The molecule has 22 heavy (non-hydrogen) atoms. The number of aliphatic hydroxyl groups excluding tert-OH is 2. The van der Waals surface area contributed by atoms with Crippen molar-refractivity contribution in [1.29, 1.82) is 0 Å². The van der Waals surface area contributed by atoms with Crippen molar-refractivity contribution in [3.63, 3.8) is 0 Å². The van der Waals surface area contributed by atoms with Gasteiger partial charge in [0, 0.05) is 0 Å². The third-order valence-corrected chi connectivity index (χ3v) is 2.25. The molecule has 3 atom stereocenters. The van der Waals surface area contributed by atoms with E-state index in [9.17, 15) is 9.90 Å². The molecule has 0 radical (unpaired) electrons. The lowest BCUT2D eigenvalue weighted by atomic mass is 10.3. The van der Waals surface area contributed by atoms with E-state index in [4.69, 9.17) is 24.1 Å². The molecule has 0 aromatic rings. The van der Waals surface area contributed by atoms with Crippen LogP contribution < -0.4 is 0 Å². The van der Waals surface area contributed by atoms with Crippen molar-refractivity contribution in [2.24, 2.45) is 0 Å². The molecule has 0 heterocycles. The summed E-state index contributed by atoms with van der Waals surface area (Å²) in [4.78, 5) is 11.5. The molecular formula is C15H28O7. The fourth-order valence-corrected chi connectivity index (χ4v) is 1.32. The number of rotatable bonds is 12. The maximum atomic E-state index is 11.5. The zero-order chi connectivity index (χ0) is 17.1. The number of ether oxygens (including phenoxy) is 4. The van der Waals surface area contributed by atoms with Gasteiger partial charge in [-0.05, 0) is 34.3 Å². The van der Waals surface area contributed by atoms with Crippen molar-refractivity contribution < 1.29 is 34.0 Å². The smallest absolute Gasteiger partial charge is 0.373 e. The standard InChI is InChI=1S/C15H28O7/c1-10(2)22-15(18)13(5)20-9-14(21-7-12(4)17)8-19-6-11(3)16/h10-12,14,16-17H,5-9H2,1-4H3. The van der Waals surface area contributed by atoms with Crippen LogP contribution >= 0.6 is 0 Å². The third kappa shape index (κ3) is 11.5. The van der Waals surface area contributed by atoms with Crippen LogP contribution in [0.15, 0.2) is 12.3 Å². The van der Waals surface area contributed by atoms with E-state index in [2.05, 4.69) is 6.58 Å². The predicted molar refractivity (Wildman–Crippen MR) is 80.2 cm³/mol. The molecule has 0 aliphatic heterocycles. The summed E-state index contributed by atoms with van der Waals surface area (Å²) in [5.41, 5.74) is 0. The van der Waals surface area contributed by atoms with Crippen molar-refractivity contribution in [3.8, 4) is 0 Å². The summed E-state index contributed by atoms with van der Waals surface area (Å²) >= 11 is 0. The second-order valence-corrected chi connectivity index (χ2v) is 5.38. The van der Waals surface area contributed by atoms with Crippen LogP contribution in [-0.4, -0.2) is 67.0 Å². The molecule has 7 nitrogen and oxygen atoms in total. The Balaban J connectivity index is 4.25. The normalized spacial score (nSPS) is 15.2. The van der Waals surface area contributed by atoms with E-state index in [0.717, 1.165) is 0 Å². The Kier molecular flexibility index (Phi) is 10.8. The van der Waals surface area contributed by atoms with E-state index in [1.54, 1.807) is 27.7 Å². The lowest BCUT2D eigenvalue weighted by Gasteiger charge is -2.20. The molecule has 0 amide bonds. The van der Waals surface area contributed by atoms with Crippen molar-refractivity contribution in [2.45, 2.75) is 52.1 Å². The van der Waals surface area contributed by atoms with E-state index < -0.39 is 24.3 Å². The average molecular weight is 320 g/mol. The summed E-state index contributed by atoms with van der Waals surface area (Å²) in [6.45, 7) is 10.6. The second kappa shape index (κ2) is 11.4. The minimum Gasteiger partial charge on any atom is -0.484 e. The molecule has 2 N–H and O–H groups in total. The summed E-state index contributed by atoms with van der Waals surface area (Å²) in [5, 5.41) is 18.4. The minimum absolute atomic E-state index is 0.0263. The lowest BCUT2D eigenvalue weighted by molar-refractivity contribution is -0.148. The van der Waals surface area contributed by atoms with E-state index in [0.29, 0.717) is 0 Å². The van der Waals surface area contributed by atoms with Crippen LogP contribution in [0.4, 0.5) is 0 Å². The highest BCUT2D eigenvalue weighted by Gasteiger charge is 2.17. The fraction of sp³-hybridized carbons (Fsp3) is 0.800. The van der Waals surface area contributed by atoms with Crippen molar-refractivity contribution in [3.05, 3.63) is 12.3 Å². The summed E-state index contributed by atoms with van der Waals surface area (Å²) < 4.78 is 20.9. The topological polar surface area (TPSA) is 94.5 Å². The molecule has 0 rings (SSSR count). The van der Waals surface area contributed by atoms with Crippen LogP contribution in [0.5, 0.6) is 0 Å². The van der Waals surface area contributed by atoms with E-state index in [1.807, 2.05) is 0 Å². The van der Waals surface area contributed by atoms with Gasteiger partial charge in [-0.15, -0.1) is 0 Å². The van der Waals surface area contributed by atoms with Gasteiger partial charge in [0.05, 0.1) is 38.1 Å². The molecule has 130 valence electrons. The number of carbonyl (C=O) groups is 1. The van der Waals surface area contributed by atoms with Crippen molar-refractivity contribution in [2.75, 3.05) is 26.4 Å². The van der Waals surface area contributed by atoms with Crippen LogP contribution in [-0.2, 0) is 23.7 Å². The van der Waals surface area contributed by atoms with Gasteiger partial charge < -0.3 is 29.2 Å². The largest absolute Gasteiger partial charge is 0.484 e. The Morgan fingerprint density at radius 1 is 1.00 bits per heavy atom. The molecule has 0 aromatic heterocycles. The van der Waals surface area contributed by atoms with Gasteiger partial charge in [0.2, 0.25) is 0 Å². The Morgan fingerprint density at radius 3 is 2.09 bits per heavy atom. The zero-order valence-electron chi connectivity index (χ0n) is 13.8. The van der Waals surface area contributed by atoms with Gasteiger partial charge >= 0.3 is 5.97 Å². The molecule has 0 aromatic carbocycles. The van der Waals surface area contributed by atoms with Gasteiger partial charge in [-0.25, -0.2) is 4.79 Å². The molecule has 0 spiro atoms. The highest BCUT2D eigenvalue weighted by Crippen LogP contribution is 2.05. The van der Waals surface area contributed by atoms with Crippen LogP contribution in [0, 0.1) is 0 Å². The predicted octanol–water partition coefficient (Wildman–Crippen LogP) is 0.632. The van der Waals surface area contributed by atoms with Gasteiger partial charge in [-0.1, -0.05) is 0 Å². The number of esters is 1. The highest BCUT2D eigenvalue weighted by atomic mass is 16.6. The Labute approximate surface area is 131 Å². The number of hydrogen-bond acceptors (Lipinski definition) is 7. The minimum atomic E-state index is -0.631. The monoisotopic (exact) mass is 320 g/mol. The van der Waals surface area contributed by atoms with E-state index in [-0.39, 0.29) is 38.3 Å². The SMILES string of the molecule is C=C(OCC(COCC(C)O)OCC(C)O)C(=O)OC(C)C. The molecule has 7 heteroatoms. The highest BCUT2D eigenvalue weighted by molar-refractivity contribution is 5.85. The first-order valence-electron chi connectivity index (χ1n) is 7.30. The molecule has 0 aliphatic rings. The molecular weight excluding hydrogens is 292 g/mol. The maximum absolute atomic E-state index is 11.5.